The molecule has 2 heterocycles. The first-order chi connectivity index (χ1) is 15.6. The van der Waals surface area contributed by atoms with Crippen LogP contribution in [0.1, 0.15) is 28.0 Å². The first-order valence-electron chi connectivity index (χ1n) is 9.40. The van der Waals surface area contributed by atoms with Gasteiger partial charge in [0.2, 0.25) is 5.89 Å². The summed E-state index contributed by atoms with van der Waals surface area (Å²) >= 11 is 5.64. The average Bonchev–Trinajstić information content (AvgIpc) is 3.25. The Morgan fingerprint density at radius 3 is 2.64 bits per heavy atom. The first kappa shape index (κ1) is 24.2. The Morgan fingerprint density at radius 2 is 2.06 bits per heavy atom. The second kappa shape index (κ2) is 9.59. The molecule has 2 aromatic heterocycles. The smallest absolute Gasteiger partial charge is 0.433 e. The zero-order valence-electron chi connectivity index (χ0n) is 17.1. The van der Waals surface area contributed by atoms with E-state index >= 15 is 0 Å². The number of nitrogens with zero attached hydrogens (tertiary/aromatic N) is 2. The maximum absolute atomic E-state index is 13.2. The van der Waals surface area contributed by atoms with E-state index in [0.29, 0.717) is 6.29 Å². The summed E-state index contributed by atoms with van der Waals surface area (Å²) in [7, 11) is 1.30. The van der Waals surface area contributed by atoms with E-state index in [1.165, 1.54) is 31.4 Å². The Morgan fingerprint density at radius 1 is 1.33 bits per heavy atom. The van der Waals surface area contributed by atoms with Crippen LogP contribution >= 0.6 is 11.6 Å². The van der Waals surface area contributed by atoms with Gasteiger partial charge in [-0.1, -0.05) is 6.08 Å². The second-order valence-electron chi connectivity index (χ2n) is 6.77. The molecule has 1 aromatic carbocycles. The monoisotopic (exact) mass is 482 g/mol. The van der Waals surface area contributed by atoms with Crippen LogP contribution in [0.3, 0.4) is 0 Å². The number of nitrogens with one attached hydrogen (secondary N) is 1. The number of halogens is 4. The molecule has 1 unspecified atom stereocenters. The highest BCUT2D eigenvalue weighted by Gasteiger charge is 2.33. The summed E-state index contributed by atoms with van der Waals surface area (Å²) < 4.78 is 50.4. The van der Waals surface area contributed by atoms with Crippen LogP contribution in [0.4, 0.5) is 13.2 Å². The minimum absolute atomic E-state index is 0.0550. The van der Waals surface area contributed by atoms with Gasteiger partial charge in [0.05, 0.1) is 19.2 Å². The van der Waals surface area contributed by atoms with Crippen molar-refractivity contribution in [2.24, 2.45) is 5.73 Å². The lowest BCUT2D eigenvalue weighted by Crippen LogP contribution is -2.38. The van der Waals surface area contributed by atoms with E-state index in [1.54, 1.807) is 0 Å². The van der Waals surface area contributed by atoms with E-state index in [4.69, 9.17) is 26.5 Å². The van der Waals surface area contributed by atoms with Crippen molar-refractivity contribution in [1.82, 2.24) is 15.3 Å². The third-order valence-electron chi connectivity index (χ3n) is 4.63. The molecule has 0 aliphatic carbocycles. The number of ether oxygens (including phenoxy) is 1. The highest BCUT2D eigenvalue weighted by Crippen LogP contribution is 2.37. The van der Waals surface area contributed by atoms with Crippen LogP contribution in [0.25, 0.3) is 22.4 Å². The number of alkyl halides is 4. The number of aldehydes is 1. The van der Waals surface area contributed by atoms with E-state index in [-0.39, 0.29) is 45.4 Å². The van der Waals surface area contributed by atoms with E-state index in [2.05, 4.69) is 21.9 Å². The van der Waals surface area contributed by atoms with Crippen molar-refractivity contribution in [2.45, 2.75) is 18.3 Å². The van der Waals surface area contributed by atoms with Crippen LogP contribution < -0.4 is 15.8 Å². The summed E-state index contributed by atoms with van der Waals surface area (Å²) in [5, 5.41) is 2.62. The zero-order chi connectivity index (χ0) is 24.3. The molecule has 33 heavy (non-hydrogen) atoms. The number of oxazole rings is 1. The second-order valence-corrected chi connectivity index (χ2v) is 7.08. The van der Waals surface area contributed by atoms with Crippen LogP contribution in [0.5, 0.6) is 5.75 Å². The van der Waals surface area contributed by atoms with Crippen molar-refractivity contribution in [3.05, 3.63) is 54.1 Å². The minimum atomic E-state index is -4.66. The number of hydrogen-bond donors (Lipinski definition) is 2. The summed E-state index contributed by atoms with van der Waals surface area (Å²) in [5.41, 5.74) is 4.80. The molecule has 8 nitrogen and oxygen atoms in total. The summed E-state index contributed by atoms with van der Waals surface area (Å²) in [6.07, 6.45) is -2.89. The Kier molecular flexibility index (Phi) is 7.04. The molecule has 0 aliphatic heterocycles. The third-order valence-corrected chi connectivity index (χ3v) is 4.97. The molecule has 3 aromatic rings. The number of amides is 1. The van der Waals surface area contributed by atoms with E-state index < -0.39 is 29.9 Å². The lowest BCUT2D eigenvalue weighted by Gasteiger charge is -2.11. The molecule has 3 N–H and O–H groups in total. The fraction of sp³-hybridized carbons (Fsp3) is 0.238. The number of benzene rings is 1. The lowest BCUT2D eigenvalue weighted by atomic mass is 10.1. The number of carbonyl (C=O) groups excluding carboxylic acids is 2. The first-order valence-corrected chi connectivity index (χ1v) is 9.94. The Balaban J connectivity index is 2.19. The van der Waals surface area contributed by atoms with Gasteiger partial charge < -0.3 is 25.0 Å². The standard InChI is InChI=1S/C21H18ClF3N4O4/c1-3-13(26)18-17(19(31)27-10(8-22)9-30)29-20(33-18)12-4-6-14(32-2)16-11(12)5-7-15(28-16)21(23,24)25/h3-7,9-10,13H,1,8,26H2,2H3,(H,27,31)/t10?,13-/m0/s1. The molecule has 0 radical (unpaired) electrons. The molecule has 1 amide bonds. The van der Waals surface area contributed by atoms with E-state index in [0.717, 1.165) is 6.07 Å². The fourth-order valence-electron chi connectivity index (χ4n) is 2.99. The molecule has 2 atom stereocenters. The summed E-state index contributed by atoms with van der Waals surface area (Å²) in [4.78, 5) is 31.6. The van der Waals surface area contributed by atoms with Crippen molar-refractivity contribution < 1.29 is 31.9 Å². The summed E-state index contributed by atoms with van der Waals surface area (Å²) in [5.74, 6) is -0.997. The number of hydrogen-bond acceptors (Lipinski definition) is 7. The number of pyridine rings is 1. The van der Waals surface area contributed by atoms with Crippen molar-refractivity contribution >= 4 is 34.7 Å². The maximum Gasteiger partial charge on any atom is 0.433 e. The van der Waals surface area contributed by atoms with Gasteiger partial charge >= 0.3 is 6.18 Å². The predicted octanol–water partition coefficient (Wildman–Crippen LogP) is 3.64. The van der Waals surface area contributed by atoms with Gasteiger partial charge in [-0.25, -0.2) is 9.97 Å². The van der Waals surface area contributed by atoms with Gasteiger partial charge in [-0.05, 0) is 24.3 Å². The van der Waals surface area contributed by atoms with Gasteiger partial charge in [-0.2, -0.15) is 13.2 Å². The molecular formula is C21H18ClF3N4O4. The van der Waals surface area contributed by atoms with Crippen LogP contribution in [-0.2, 0) is 11.0 Å². The molecule has 0 saturated carbocycles. The number of carbonyl (C=O) groups is 2. The van der Waals surface area contributed by atoms with Crippen LogP contribution in [0.2, 0.25) is 0 Å². The normalized spacial score (nSPS) is 13.4. The van der Waals surface area contributed by atoms with Gasteiger partial charge in [0.15, 0.2) is 11.5 Å². The van der Waals surface area contributed by atoms with Crippen LogP contribution in [0.15, 0.2) is 41.3 Å². The van der Waals surface area contributed by atoms with Gasteiger partial charge in [-0.3, -0.25) is 4.79 Å². The van der Waals surface area contributed by atoms with E-state index in [9.17, 15) is 22.8 Å². The predicted molar refractivity (Wildman–Crippen MR) is 114 cm³/mol. The topological polar surface area (TPSA) is 120 Å². The minimum Gasteiger partial charge on any atom is -0.494 e. The molecule has 12 heteroatoms. The number of aromatic nitrogens is 2. The summed E-state index contributed by atoms with van der Waals surface area (Å²) in [6.45, 7) is 3.56. The van der Waals surface area contributed by atoms with Gasteiger partial charge in [0.25, 0.3) is 5.91 Å². The molecule has 0 fully saturated rings. The largest absolute Gasteiger partial charge is 0.494 e. The zero-order valence-corrected chi connectivity index (χ0v) is 17.9. The molecular weight excluding hydrogens is 465 g/mol. The molecule has 174 valence electrons. The quantitative estimate of drug-likeness (QED) is 0.285. The molecule has 0 bridgehead atoms. The highest BCUT2D eigenvalue weighted by molar-refractivity contribution is 6.19. The average molecular weight is 483 g/mol. The Bertz CT molecular complexity index is 1210. The lowest BCUT2D eigenvalue weighted by molar-refractivity contribution is -0.141. The van der Waals surface area contributed by atoms with Crippen molar-refractivity contribution in [3.63, 3.8) is 0 Å². The maximum atomic E-state index is 13.2. The number of rotatable bonds is 8. The van der Waals surface area contributed by atoms with Gasteiger partial charge in [0.1, 0.15) is 23.2 Å². The van der Waals surface area contributed by atoms with Crippen LogP contribution in [-0.4, -0.2) is 41.2 Å². The number of nitrogens with two attached hydrogens (primary N) is 1. The van der Waals surface area contributed by atoms with Crippen LogP contribution in [0, 0.1) is 0 Å². The number of methoxy groups -OCH3 is 1. The Hall–Kier alpha value is -3.44. The van der Waals surface area contributed by atoms with Crippen molar-refractivity contribution in [3.8, 4) is 17.2 Å². The summed E-state index contributed by atoms with van der Waals surface area (Å²) in [6, 6.07) is 3.01. The molecule has 3 rings (SSSR count). The molecule has 0 spiro atoms. The van der Waals surface area contributed by atoms with Crippen molar-refractivity contribution in [2.75, 3.05) is 13.0 Å². The van der Waals surface area contributed by atoms with Gasteiger partial charge in [-0.15, -0.1) is 18.2 Å². The fourth-order valence-corrected chi connectivity index (χ4v) is 3.14. The van der Waals surface area contributed by atoms with Gasteiger partial charge in [0, 0.05) is 16.8 Å². The SMILES string of the molecule is C=C[C@H](N)c1oc(-c2ccc(OC)c3nc(C(F)(F)F)ccc23)nc1C(=O)NC(C=O)CCl. The van der Waals surface area contributed by atoms with E-state index in [1.807, 2.05) is 0 Å². The Labute approximate surface area is 190 Å². The van der Waals surface area contributed by atoms with Crippen molar-refractivity contribution in [1.29, 1.82) is 0 Å². The number of fused-ring (bicyclic) bond motifs is 1. The highest BCUT2D eigenvalue weighted by atomic mass is 35.5. The molecule has 0 saturated heterocycles. The third kappa shape index (κ3) is 4.83. The molecule has 0 aliphatic rings.